The zero-order valence-electron chi connectivity index (χ0n) is 8.22. The molecule has 0 amide bonds. The van der Waals surface area contributed by atoms with Gasteiger partial charge in [-0.2, -0.15) is 0 Å². The van der Waals surface area contributed by atoms with Crippen molar-refractivity contribution in [3.63, 3.8) is 0 Å². The Labute approximate surface area is 96.1 Å². The van der Waals surface area contributed by atoms with Crippen LogP contribution in [0.4, 0.5) is 0 Å². The van der Waals surface area contributed by atoms with E-state index in [1.54, 1.807) is 6.07 Å². The van der Waals surface area contributed by atoms with Gasteiger partial charge in [-0.25, -0.2) is 0 Å². The minimum absolute atomic E-state index is 0. The minimum atomic E-state index is 0. The molecule has 12 heavy (non-hydrogen) atoms. The maximum atomic E-state index is 11.3. The van der Waals surface area contributed by atoms with Gasteiger partial charge in [-0.05, 0) is 12.8 Å². The largest absolute Gasteiger partial charge is 1.00 e. The molecule has 0 atom stereocenters. The Morgan fingerprint density at radius 3 is 2.25 bits per heavy atom. The number of rotatable bonds is 1. The van der Waals surface area contributed by atoms with Gasteiger partial charge in [0.25, 0.3) is 0 Å². The maximum Gasteiger partial charge on any atom is 1.00 e. The summed E-state index contributed by atoms with van der Waals surface area (Å²) in [5.41, 5.74) is 1.95. The Morgan fingerprint density at radius 2 is 1.83 bits per heavy atom. The fraction of sp³-hybridized carbons (Fsp3) is 0.400. The molecule has 0 heterocycles. The first-order valence-electron chi connectivity index (χ1n) is 3.89. The van der Waals surface area contributed by atoms with Gasteiger partial charge in [-0.15, -0.1) is 5.75 Å². The van der Waals surface area contributed by atoms with E-state index < -0.39 is 0 Å². The van der Waals surface area contributed by atoms with Crippen LogP contribution in [0.3, 0.4) is 0 Å². The molecule has 0 spiro atoms. The minimum Gasteiger partial charge on any atom is -0.872 e. The van der Waals surface area contributed by atoms with E-state index in [-0.39, 0.29) is 35.3 Å². The molecule has 1 aromatic rings. The standard InChI is InChI=1S/C10H14O.Na/c1-7(2)9-5-4-8(3)6-10(9)11;/h4-7,11H,1-3H3;/q;+1/p-1. The molecule has 0 radical (unpaired) electrons. The number of hydrogen-bond acceptors (Lipinski definition) is 1. The third-order valence-electron chi connectivity index (χ3n) is 1.79. The molecule has 0 bridgehead atoms. The fourth-order valence-electron chi connectivity index (χ4n) is 1.12. The van der Waals surface area contributed by atoms with E-state index in [2.05, 4.69) is 0 Å². The van der Waals surface area contributed by atoms with E-state index in [4.69, 9.17) is 0 Å². The number of aryl methyl sites for hydroxylation is 1. The first kappa shape index (κ1) is 12.0. The average Bonchev–Trinajstić information content (AvgIpc) is 1.85. The topological polar surface area (TPSA) is 23.1 Å². The zero-order chi connectivity index (χ0) is 8.43. The number of benzene rings is 1. The van der Waals surface area contributed by atoms with E-state index >= 15 is 0 Å². The normalized spacial score (nSPS) is 9.67. The van der Waals surface area contributed by atoms with E-state index in [0.29, 0.717) is 5.92 Å². The molecule has 0 aromatic heterocycles. The van der Waals surface area contributed by atoms with Crippen molar-refractivity contribution in [1.82, 2.24) is 0 Å². The van der Waals surface area contributed by atoms with Crippen molar-refractivity contribution in [2.45, 2.75) is 26.7 Å². The summed E-state index contributed by atoms with van der Waals surface area (Å²) in [6.45, 7) is 6.00. The van der Waals surface area contributed by atoms with Crippen molar-refractivity contribution in [3.05, 3.63) is 29.3 Å². The quantitative estimate of drug-likeness (QED) is 0.508. The predicted octanol–water partition coefficient (Wildman–Crippen LogP) is -0.804. The zero-order valence-corrected chi connectivity index (χ0v) is 10.2. The average molecular weight is 172 g/mol. The summed E-state index contributed by atoms with van der Waals surface area (Å²) < 4.78 is 0. The first-order chi connectivity index (χ1) is 5.11. The van der Waals surface area contributed by atoms with E-state index in [1.165, 1.54) is 0 Å². The van der Waals surface area contributed by atoms with Gasteiger partial charge < -0.3 is 5.11 Å². The van der Waals surface area contributed by atoms with E-state index in [1.807, 2.05) is 32.9 Å². The molecule has 0 unspecified atom stereocenters. The van der Waals surface area contributed by atoms with Crippen molar-refractivity contribution in [2.75, 3.05) is 0 Å². The summed E-state index contributed by atoms with van der Waals surface area (Å²) in [4.78, 5) is 0. The van der Waals surface area contributed by atoms with Crippen LogP contribution < -0.4 is 34.7 Å². The molecule has 0 fully saturated rings. The summed E-state index contributed by atoms with van der Waals surface area (Å²) in [6, 6.07) is 5.59. The van der Waals surface area contributed by atoms with Crippen LogP contribution in [-0.2, 0) is 0 Å². The first-order valence-corrected chi connectivity index (χ1v) is 3.89. The van der Waals surface area contributed by atoms with Gasteiger partial charge in [-0.3, -0.25) is 0 Å². The smallest absolute Gasteiger partial charge is 0.872 e. The van der Waals surface area contributed by atoms with Crippen molar-refractivity contribution in [2.24, 2.45) is 0 Å². The van der Waals surface area contributed by atoms with Gasteiger partial charge in [0.05, 0.1) is 0 Å². The Balaban J connectivity index is 0.00000121. The van der Waals surface area contributed by atoms with Crippen molar-refractivity contribution < 1.29 is 34.7 Å². The molecular formula is C10H13NaO. The third kappa shape index (κ3) is 2.81. The molecule has 1 nitrogen and oxygen atoms in total. The van der Waals surface area contributed by atoms with E-state index in [0.717, 1.165) is 11.1 Å². The maximum absolute atomic E-state index is 11.3. The Hall–Kier alpha value is 0.0200. The van der Waals surface area contributed by atoms with Crippen molar-refractivity contribution in [3.8, 4) is 5.75 Å². The van der Waals surface area contributed by atoms with Crippen LogP contribution in [0.25, 0.3) is 0 Å². The summed E-state index contributed by atoms with van der Waals surface area (Å²) in [5.74, 6) is 0.503. The summed E-state index contributed by atoms with van der Waals surface area (Å²) in [5, 5.41) is 11.3. The van der Waals surface area contributed by atoms with Crippen LogP contribution in [0.15, 0.2) is 18.2 Å². The molecule has 0 saturated heterocycles. The second kappa shape index (κ2) is 4.90. The number of hydrogen-bond donors (Lipinski definition) is 0. The molecular weight excluding hydrogens is 159 g/mol. The Morgan fingerprint density at radius 1 is 1.25 bits per heavy atom. The van der Waals surface area contributed by atoms with Gasteiger partial charge in [0.15, 0.2) is 0 Å². The Bertz CT molecular complexity index is 256. The van der Waals surface area contributed by atoms with Crippen LogP contribution in [-0.4, -0.2) is 0 Å². The molecule has 60 valence electrons. The van der Waals surface area contributed by atoms with Crippen LogP contribution in [0.5, 0.6) is 5.75 Å². The molecule has 1 rings (SSSR count). The SMILES string of the molecule is Cc1ccc(C(C)C)c([O-])c1.[Na+]. The van der Waals surface area contributed by atoms with Gasteiger partial charge in [0, 0.05) is 0 Å². The van der Waals surface area contributed by atoms with E-state index in [9.17, 15) is 5.11 Å². The predicted molar refractivity (Wildman–Crippen MR) is 44.7 cm³/mol. The van der Waals surface area contributed by atoms with Gasteiger partial charge in [-0.1, -0.05) is 43.2 Å². The monoisotopic (exact) mass is 172 g/mol. The molecule has 0 aliphatic rings. The molecule has 1 aromatic carbocycles. The second-order valence-electron chi connectivity index (χ2n) is 3.20. The summed E-state index contributed by atoms with van der Waals surface area (Å²) in [6.07, 6.45) is 0. The van der Waals surface area contributed by atoms with Crippen molar-refractivity contribution in [1.29, 1.82) is 0 Å². The van der Waals surface area contributed by atoms with Crippen molar-refractivity contribution >= 4 is 0 Å². The molecule has 0 N–H and O–H groups in total. The van der Waals surface area contributed by atoms with Crippen LogP contribution in [0.2, 0.25) is 0 Å². The summed E-state index contributed by atoms with van der Waals surface area (Å²) in [7, 11) is 0. The molecule has 0 aliphatic heterocycles. The fourth-order valence-corrected chi connectivity index (χ4v) is 1.12. The molecule has 0 saturated carbocycles. The third-order valence-corrected chi connectivity index (χ3v) is 1.79. The molecule has 0 aliphatic carbocycles. The second-order valence-corrected chi connectivity index (χ2v) is 3.20. The van der Waals surface area contributed by atoms with Crippen LogP contribution in [0.1, 0.15) is 30.9 Å². The van der Waals surface area contributed by atoms with Gasteiger partial charge in [0.1, 0.15) is 0 Å². The molecule has 2 heteroatoms. The summed E-state index contributed by atoms with van der Waals surface area (Å²) >= 11 is 0. The van der Waals surface area contributed by atoms with Crippen LogP contribution >= 0.6 is 0 Å². The van der Waals surface area contributed by atoms with Gasteiger partial charge in [0.2, 0.25) is 0 Å². The Kier molecular flexibility index (Phi) is 4.91. The van der Waals surface area contributed by atoms with Crippen LogP contribution in [0, 0.1) is 6.92 Å². The van der Waals surface area contributed by atoms with Gasteiger partial charge >= 0.3 is 29.6 Å².